The van der Waals surface area contributed by atoms with Crippen LogP contribution in [0, 0.1) is 19.8 Å². The standard InChI is InChI=1S/C30H31ClN6O2/c1-18-25(14-21(31)16-32-18)29(38)33-22-10-8-20(9-11-22)17-36-26-6-4-5-7-27(26)37(30(36)39)23-12-13-24-19(2)34-35(3)28(24)15-23/h4-7,12-16,20,22H,8-11,17H2,1-3H3,(H,33,38). The fraction of sp³-hybridized carbons (Fsp3) is 0.333. The number of halogens is 1. The zero-order valence-corrected chi connectivity index (χ0v) is 23.1. The van der Waals surface area contributed by atoms with E-state index in [2.05, 4.69) is 15.4 Å². The third-order valence-corrected chi connectivity index (χ3v) is 8.24. The van der Waals surface area contributed by atoms with Crippen molar-refractivity contribution >= 4 is 39.4 Å². The molecule has 8 nitrogen and oxygen atoms in total. The van der Waals surface area contributed by atoms with Crippen molar-refractivity contribution in [2.45, 2.75) is 52.1 Å². The van der Waals surface area contributed by atoms with Gasteiger partial charge in [0.25, 0.3) is 5.91 Å². The van der Waals surface area contributed by atoms with Gasteiger partial charge in [-0.2, -0.15) is 5.10 Å². The first-order valence-electron chi connectivity index (χ1n) is 13.4. The molecule has 0 unspecified atom stereocenters. The largest absolute Gasteiger partial charge is 0.349 e. The van der Waals surface area contributed by atoms with Gasteiger partial charge in [-0.05, 0) is 81.8 Å². The van der Waals surface area contributed by atoms with Gasteiger partial charge < -0.3 is 5.32 Å². The number of para-hydroxylation sites is 2. The van der Waals surface area contributed by atoms with Crippen LogP contribution in [0.4, 0.5) is 0 Å². The summed E-state index contributed by atoms with van der Waals surface area (Å²) < 4.78 is 5.59. The fourth-order valence-electron chi connectivity index (χ4n) is 5.95. The Labute approximate surface area is 231 Å². The average Bonchev–Trinajstić information content (AvgIpc) is 3.37. The van der Waals surface area contributed by atoms with E-state index in [1.54, 1.807) is 12.3 Å². The lowest BCUT2D eigenvalue weighted by Crippen LogP contribution is -2.39. The number of imidazole rings is 1. The molecule has 1 aliphatic carbocycles. The minimum atomic E-state index is -0.133. The summed E-state index contributed by atoms with van der Waals surface area (Å²) in [7, 11) is 1.93. The summed E-state index contributed by atoms with van der Waals surface area (Å²) in [6.45, 7) is 4.46. The Morgan fingerprint density at radius 2 is 1.74 bits per heavy atom. The number of carbonyl (C=O) groups is 1. The van der Waals surface area contributed by atoms with Crippen LogP contribution in [0.15, 0.2) is 59.5 Å². The van der Waals surface area contributed by atoms with Gasteiger partial charge in [0, 0.05) is 31.2 Å². The second-order valence-corrected chi connectivity index (χ2v) is 11.0. The first kappa shape index (κ1) is 25.4. The third-order valence-electron chi connectivity index (χ3n) is 8.03. The number of nitrogens with one attached hydrogen (secondary N) is 1. The maximum atomic E-state index is 13.8. The average molecular weight is 543 g/mol. The molecule has 1 saturated carbocycles. The van der Waals surface area contributed by atoms with Gasteiger partial charge in [-0.3, -0.25) is 23.6 Å². The predicted octanol–water partition coefficient (Wildman–Crippen LogP) is 5.33. The lowest BCUT2D eigenvalue weighted by Gasteiger charge is -2.29. The van der Waals surface area contributed by atoms with Crippen LogP contribution in [-0.2, 0) is 13.6 Å². The number of hydrogen-bond donors (Lipinski definition) is 1. The van der Waals surface area contributed by atoms with Crippen molar-refractivity contribution in [3.8, 4) is 5.69 Å². The van der Waals surface area contributed by atoms with Crippen molar-refractivity contribution in [1.82, 2.24) is 29.2 Å². The molecular weight excluding hydrogens is 512 g/mol. The summed E-state index contributed by atoms with van der Waals surface area (Å²) >= 11 is 6.05. The number of amides is 1. The molecule has 6 rings (SSSR count). The molecule has 2 aromatic carbocycles. The van der Waals surface area contributed by atoms with E-state index in [0.717, 1.165) is 59.0 Å². The highest BCUT2D eigenvalue weighted by Crippen LogP contribution is 2.28. The predicted molar refractivity (Wildman–Crippen MR) is 154 cm³/mol. The Morgan fingerprint density at radius 3 is 2.51 bits per heavy atom. The van der Waals surface area contributed by atoms with E-state index in [1.807, 2.05) is 77.2 Å². The molecule has 1 N–H and O–H groups in total. The molecule has 1 amide bonds. The second-order valence-electron chi connectivity index (χ2n) is 10.6. The number of aromatic nitrogens is 5. The van der Waals surface area contributed by atoms with Crippen LogP contribution in [0.2, 0.25) is 5.02 Å². The zero-order valence-electron chi connectivity index (χ0n) is 22.3. The van der Waals surface area contributed by atoms with Crippen molar-refractivity contribution in [1.29, 1.82) is 0 Å². The van der Waals surface area contributed by atoms with Crippen LogP contribution < -0.4 is 11.0 Å². The van der Waals surface area contributed by atoms with Gasteiger partial charge in [-0.15, -0.1) is 0 Å². The topological polar surface area (TPSA) is 86.7 Å². The van der Waals surface area contributed by atoms with Gasteiger partial charge in [0.1, 0.15) is 0 Å². The minimum Gasteiger partial charge on any atom is -0.349 e. The molecule has 0 aliphatic heterocycles. The first-order valence-corrected chi connectivity index (χ1v) is 13.7. The number of fused-ring (bicyclic) bond motifs is 2. The van der Waals surface area contributed by atoms with Crippen LogP contribution in [0.25, 0.3) is 27.6 Å². The molecule has 1 aliphatic rings. The number of pyridine rings is 1. The first-order chi connectivity index (χ1) is 18.8. The van der Waals surface area contributed by atoms with Crippen LogP contribution in [0.1, 0.15) is 47.4 Å². The van der Waals surface area contributed by atoms with E-state index in [-0.39, 0.29) is 17.6 Å². The molecule has 1 fully saturated rings. The number of hydrogen-bond acceptors (Lipinski definition) is 4. The smallest absolute Gasteiger partial charge is 0.333 e. The van der Waals surface area contributed by atoms with E-state index in [4.69, 9.17) is 11.6 Å². The van der Waals surface area contributed by atoms with Crippen LogP contribution in [0.5, 0.6) is 0 Å². The molecule has 0 atom stereocenters. The monoisotopic (exact) mass is 542 g/mol. The zero-order chi connectivity index (χ0) is 27.3. The molecule has 9 heteroatoms. The van der Waals surface area contributed by atoms with E-state index in [0.29, 0.717) is 28.7 Å². The number of aryl methyl sites for hydroxylation is 3. The molecule has 39 heavy (non-hydrogen) atoms. The molecule has 3 aromatic heterocycles. The Balaban J connectivity index is 1.22. The Hall–Kier alpha value is -3.91. The molecule has 0 bridgehead atoms. The van der Waals surface area contributed by atoms with Gasteiger partial charge in [-0.1, -0.05) is 23.7 Å². The molecular formula is C30H31ClN6O2. The van der Waals surface area contributed by atoms with Crippen molar-refractivity contribution in [2.75, 3.05) is 0 Å². The summed E-state index contributed by atoms with van der Waals surface area (Å²) in [6.07, 6.45) is 5.16. The Kier molecular flexibility index (Phi) is 6.51. The quantitative estimate of drug-likeness (QED) is 0.325. The van der Waals surface area contributed by atoms with Crippen LogP contribution >= 0.6 is 11.6 Å². The summed E-state index contributed by atoms with van der Waals surface area (Å²) in [5, 5.41) is 9.23. The second kappa shape index (κ2) is 10.0. The molecule has 0 saturated heterocycles. The lowest BCUT2D eigenvalue weighted by molar-refractivity contribution is 0.0919. The van der Waals surface area contributed by atoms with E-state index in [1.165, 1.54) is 0 Å². The molecule has 0 spiro atoms. The number of rotatable bonds is 5. The number of benzene rings is 2. The Morgan fingerprint density at radius 1 is 1.00 bits per heavy atom. The van der Waals surface area contributed by atoms with Gasteiger partial charge in [0.05, 0.1) is 44.2 Å². The third kappa shape index (κ3) is 4.63. The fourth-order valence-corrected chi connectivity index (χ4v) is 6.11. The van der Waals surface area contributed by atoms with E-state index < -0.39 is 0 Å². The molecule has 0 radical (unpaired) electrons. The van der Waals surface area contributed by atoms with E-state index >= 15 is 0 Å². The minimum absolute atomic E-state index is 0.0335. The number of carbonyl (C=O) groups excluding carboxylic acids is 1. The van der Waals surface area contributed by atoms with Crippen molar-refractivity contribution < 1.29 is 4.79 Å². The molecule has 3 heterocycles. The lowest BCUT2D eigenvalue weighted by atomic mass is 9.85. The highest BCUT2D eigenvalue weighted by molar-refractivity contribution is 6.30. The summed E-state index contributed by atoms with van der Waals surface area (Å²) in [4.78, 5) is 30.9. The SMILES string of the molecule is Cc1ncc(Cl)cc1C(=O)NC1CCC(Cn2c(=O)n(-c3ccc4c(C)nn(C)c4c3)c3ccccc32)CC1. The van der Waals surface area contributed by atoms with Crippen LogP contribution in [-0.4, -0.2) is 35.8 Å². The van der Waals surface area contributed by atoms with Gasteiger partial charge in [-0.25, -0.2) is 4.79 Å². The van der Waals surface area contributed by atoms with Gasteiger partial charge in [0.15, 0.2) is 0 Å². The van der Waals surface area contributed by atoms with Crippen molar-refractivity contribution in [2.24, 2.45) is 13.0 Å². The maximum absolute atomic E-state index is 13.8. The normalized spacial score (nSPS) is 17.6. The highest BCUT2D eigenvalue weighted by Gasteiger charge is 2.26. The summed E-state index contributed by atoms with van der Waals surface area (Å²) in [5.74, 6) is 0.220. The summed E-state index contributed by atoms with van der Waals surface area (Å²) in [5.41, 5.74) is 5.78. The van der Waals surface area contributed by atoms with Gasteiger partial charge >= 0.3 is 5.69 Å². The molecule has 200 valence electrons. The number of nitrogens with zero attached hydrogens (tertiary/aromatic N) is 5. The van der Waals surface area contributed by atoms with Crippen molar-refractivity contribution in [3.05, 3.63) is 87.2 Å². The highest BCUT2D eigenvalue weighted by atomic mass is 35.5. The van der Waals surface area contributed by atoms with Crippen LogP contribution in [0.3, 0.4) is 0 Å². The maximum Gasteiger partial charge on any atom is 0.333 e. The van der Waals surface area contributed by atoms with E-state index in [9.17, 15) is 9.59 Å². The van der Waals surface area contributed by atoms with Gasteiger partial charge in [0.2, 0.25) is 0 Å². The van der Waals surface area contributed by atoms with Crippen molar-refractivity contribution in [3.63, 3.8) is 0 Å². The Bertz CT molecular complexity index is 1770. The summed E-state index contributed by atoms with van der Waals surface area (Å²) in [6, 6.07) is 15.8. The molecule has 5 aromatic rings.